The van der Waals surface area contributed by atoms with Crippen LogP contribution in [0.5, 0.6) is 0 Å². The predicted molar refractivity (Wildman–Crippen MR) is 90.8 cm³/mol. The number of thiophene rings is 1. The molecule has 1 aliphatic heterocycles. The normalized spacial score (nSPS) is 17.1. The van der Waals surface area contributed by atoms with Crippen molar-refractivity contribution >= 4 is 22.9 Å². The molecule has 0 saturated carbocycles. The van der Waals surface area contributed by atoms with Crippen LogP contribution < -0.4 is 5.73 Å². The maximum absolute atomic E-state index is 6.20. The van der Waals surface area contributed by atoms with Gasteiger partial charge in [0, 0.05) is 12.5 Å². The van der Waals surface area contributed by atoms with E-state index in [-0.39, 0.29) is 0 Å². The number of hydrogen-bond acceptors (Lipinski definition) is 4. The quantitative estimate of drug-likeness (QED) is 0.937. The average molecular weight is 299 g/mol. The van der Waals surface area contributed by atoms with Gasteiger partial charge in [0.1, 0.15) is 5.84 Å². The zero-order valence-electron chi connectivity index (χ0n) is 12.5. The SMILES string of the molecule is CCCN(C)CC1c2ccccc2N=C(N)c2sccc21. The van der Waals surface area contributed by atoms with Crippen molar-refractivity contribution < 1.29 is 0 Å². The van der Waals surface area contributed by atoms with Gasteiger partial charge < -0.3 is 10.6 Å². The second-order valence-corrected chi connectivity index (χ2v) is 6.49. The summed E-state index contributed by atoms with van der Waals surface area (Å²) in [6, 6.07) is 10.6. The van der Waals surface area contributed by atoms with E-state index in [0.717, 1.165) is 23.7 Å². The zero-order chi connectivity index (χ0) is 14.8. The summed E-state index contributed by atoms with van der Waals surface area (Å²) in [6.07, 6.45) is 1.17. The Kier molecular flexibility index (Phi) is 4.08. The van der Waals surface area contributed by atoms with Crippen molar-refractivity contribution in [3.8, 4) is 0 Å². The Hall–Kier alpha value is -1.65. The van der Waals surface area contributed by atoms with Crippen molar-refractivity contribution in [2.75, 3.05) is 20.1 Å². The molecule has 2 aromatic rings. The van der Waals surface area contributed by atoms with Crippen LogP contribution in [0.1, 0.15) is 35.3 Å². The van der Waals surface area contributed by atoms with E-state index in [1.54, 1.807) is 11.3 Å². The maximum atomic E-state index is 6.20. The van der Waals surface area contributed by atoms with E-state index < -0.39 is 0 Å². The molecular weight excluding hydrogens is 278 g/mol. The van der Waals surface area contributed by atoms with Gasteiger partial charge in [-0.3, -0.25) is 0 Å². The standard InChI is InChI=1S/C17H21N3S/c1-3-9-20(2)11-14-12-6-4-5-7-15(12)19-17(18)16-13(14)8-10-21-16/h4-8,10,14H,3,9,11H2,1-2H3,(H2,18,19). The molecule has 0 saturated heterocycles. The first-order chi connectivity index (χ1) is 10.2. The monoisotopic (exact) mass is 299 g/mol. The summed E-state index contributed by atoms with van der Waals surface area (Å²) >= 11 is 1.69. The van der Waals surface area contributed by atoms with Crippen LogP contribution in [-0.2, 0) is 0 Å². The van der Waals surface area contributed by atoms with Gasteiger partial charge in [0.15, 0.2) is 0 Å². The Morgan fingerprint density at radius 1 is 1.24 bits per heavy atom. The maximum Gasteiger partial charge on any atom is 0.141 e. The van der Waals surface area contributed by atoms with Crippen molar-refractivity contribution in [2.45, 2.75) is 19.3 Å². The van der Waals surface area contributed by atoms with Gasteiger partial charge in [-0.1, -0.05) is 25.1 Å². The molecule has 0 aliphatic carbocycles. The number of nitrogens with two attached hydrogens (primary N) is 1. The molecule has 3 rings (SSSR count). The van der Waals surface area contributed by atoms with E-state index in [1.165, 1.54) is 17.5 Å². The second-order valence-electron chi connectivity index (χ2n) is 5.58. The largest absolute Gasteiger partial charge is 0.382 e. The van der Waals surface area contributed by atoms with Crippen LogP contribution in [0.2, 0.25) is 0 Å². The first-order valence-corrected chi connectivity index (χ1v) is 8.28. The Morgan fingerprint density at radius 3 is 2.86 bits per heavy atom. The van der Waals surface area contributed by atoms with Gasteiger partial charge in [-0.2, -0.15) is 0 Å². The Labute approximate surface area is 130 Å². The van der Waals surface area contributed by atoms with Crippen LogP contribution in [0.25, 0.3) is 0 Å². The van der Waals surface area contributed by atoms with Gasteiger partial charge in [-0.25, -0.2) is 4.99 Å². The topological polar surface area (TPSA) is 41.6 Å². The Balaban J connectivity index is 2.07. The van der Waals surface area contributed by atoms with Crippen molar-refractivity contribution in [1.29, 1.82) is 0 Å². The van der Waals surface area contributed by atoms with Crippen molar-refractivity contribution in [3.05, 3.63) is 51.7 Å². The molecule has 4 heteroatoms. The van der Waals surface area contributed by atoms with Crippen molar-refractivity contribution in [1.82, 2.24) is 4.90 Å². The highest BCUT2D eigenvalue weighted by Crippen LogP contribution is 2.39. The molecule has 1 aromatic heterocycles. The van der Waals surface area contributed by atoms with E-state index in [2.05, 4.69) is 53.5 Å². The summed E-state index contributed by atoms with van der Waals surface area (Å²) < 4.78 is 0. The highest BCUT2D eigenvalue weighted by molar-refractivity contribution is 7.12. The van der Waals surface area contributed by atoms with E-state index in [4.69, 9.17) is 5.73 Å². The number of rotatable bonds is 4. The van der Waals surface area contributed by atoms with Crippen LogP contribution in [-0.4, -0.2) is 30.9 Å². The highest BCUT2D eigenvalue weighted by Gasteiger charge is 2.26. The third kappa shape index (κ3) is 2.74. The molecule has 2 heterocycles. The van der Waals surface area contributed by atoms with Crippen LogP contribution in [0.15, 0.2) is 40.7 Å². The average Bonchev–Trinajstić information content (AvgIpc) is 2.91. The lowest BCUT2D eigenvalue weighted by molar-refractivity contribution is 0.324. The number of likely N-dealkylation sites (N-methyl/N-ethyl adjacent to an activating group) is 1. The molecule has 0 radical (unpaired) electrons. The number of nitrogens with zero attached hydrogens (tertiary/aromatic N) is 2. The van der Waals surface area contributed by atoms with Crippen molar-refractivity contribution in [2.24, 2.45) is 10.7 Å². The van der Waals surface area contributed by atoms with E-state index in [0.29, 0.717) is 11.8 Å². The van der Waals surface area contributed by atoms with E-state index in [9.17, 15) is 0 Å². The van der Waals surface area contributed by atoms with E-state index >= 15 is 0 Å². The van der Waals surface area contributed by atoms with Gasteiger partial charge >= 0.3 is 0 Å². The fourth-order valence-corrected chi connectivity index (χ4v) is 3.88. The van der Waals surface area contributed by atoms with Gasteiger partial charge in [-0.05, 0) is 48.7 Å². The first kappa shape index (κ1) is 14.3. The Morgan fingerprint density at radius 2 is 2.05 bits per heavy atom. The number of benzene rings is 1. The summed E-state index contributed by atoms with van der Waals surface area (Å²) in [4.78, 5) is 8.16. The van der Waals surface area contributed by atoms with Gasteiger partial charge in [-0.15, -0.1) is 11.3 Å². The zero-order valence-corrected chi connectivity index (χ0v) is 13.4. The summed E-state index contributed by atoms with van der Waals surface area (Å²) in [7, 11) is 2.19. The molecular formula is C17H21N3S. The Bertz CT molecular complexity index is 660. The highest BCUT2D eigenvalue weighted by atomic mass is 32.1. The first-order valence-electron chi connectivity index (χ1n) is 7.40. The molecule has 1 aromatic carbocycles. The molecule has 21 heavy (non-hydrogen) atoms. The number of hydrogen-bond donors (Lipinski definition) is 1. The molecule has 1 atom stereocenters. The third-order valence-electron chi connectivity index (χ3n) is 3.96. The van der Waals surface area contributed by atoms with Gasteiger partial charge in [0.25, 0.3) is 0 Å². The second kappa shape index (κ2) is 6.00. The molecule has 0 bridgehead atoms. The smallest absolute Gasteiger partial charge is 0.141 e. The van der Waals surface area contributed by atoms with Gasteiger partial charge in [0.2, 0.25) is 0 Å². The molecule has 0 fully saturated rings. The van der Waals surface area contributed by atoms with Crippen molar-refractivity contribution in [3.63, 3.8) is 0 Å². The summed E-state index contributed by atoms with van der Waals surface area (Å²) in [5.41, 5.74) is 9.80. The number of aliphatic imine (C=N–C) groups is 1. The number of para-hydroxylation sites is 1. The van der Waals surface area contributed by atoms with Crippen LogP contribution in [0, 0.1) is 0 Å². The molecule has 1 unspecified atom stereocenters. The molecule has 1 aliphatic rings. The summed E-state index contributed by atoms with van der Waals surface area (Å²) in [5.74, 6) is 0.983. The molecule has 0 amide bonds. The molecule has 3 nitrogen and oxygen atoms in total. The van der Waals surface area contributed by atoms with E-state index in [1.807, 2.05) is 6.07 Å². The van der Waals surface area contributed by atoms with Crippen LogP contribution in [0.3, 0.4) is 0 Å². The van der Waals surface area contributed by atoms with Crippen LogP contribution in [0.4, 0.5) is 5.69 Å². The van der Waals surface area contributed by atoms with Crippen LogP contribution >= 0.6 is 11.3 Å². The fraction of sp³-hybridized carbons (Fsp3) is 0.353. The summed E-state index contributed by atoms with van der Waals surface area (Å²) in [6.45, 7) is 4.32. The lowest BCUT2D eigenvalue weighted by Crippen LogP contribution is -2.26. The lowest BCUT2D eigenvalue weighted by Gasteiger charge is -2.24. The molecule has 2 N–H and O–H groups in total. The molecule has 110 valence electrons. The summed E-state index contributed by atoms with van der Waals surface area (Å²) in [5, 5.41) is 2.12. The third-order valence-corrected chi connectivity index (χ3v) is 4.91. The number of fused-ring (bicyclic) bond motifs is 2. The number of amidine groups is 1. The minimum Gasteiger partial charge on any atom is -0.382 e. The predicted octanol–water partition coefficient (Wildman–Crippen LogP) is 3.57. The van der Waals surface area contributed by atoms with Gasteiger partial charge in [0.05, 0.1) is 10.6 Å². The molecule has 0 spiro atoms. The minimum absolute atomic E-state index is 0.337. The lowest BCUT2D eigenvalue weighted by atomic mass is 9.90. The minimum atomic E-state index is 0.337. The fourth-order valence-electron chi connectivity index (χ4n) is 3.02.